The van der Waals surface area contributed by atoms with Crippen molar-refractivity contribution < 1.29 is 13.6 Å². The molecular formula is C19H16F2N4O. The first kappa shape index (κ1) is 16.4. The Bertz CT molecular complexity index is 985. The summed E-state index contributed by atoms with van der Waals surface area (Å²) >= 11 is 0. The van der Waals surface area contributed by atoms with Crippen LogP contribution in [0.4, 0.5) is 8.78 Å². The van der Waals surface area contributed by atoms with Crippen LogP contribution in [0, 0.1) is 11.6 Å². The van der Waals surface area contributed by atoms with Gasteiger partial charge in [-0.25, -0.2) is 13.8 Å². The molecule has 26 heavy (non-hydrogen) atoms. The normalized spacial score (nSPS) is 16.2. The van der Waals surface area contributed by atoms with Crippen LogP contribution in [0.15, 0.2) is 55.0 Å². The van der Waals surface area contributed by atoms with Crippen molar-refractivity contribution in [1.82, 2.24) is 14.9 Å². The summed E-state index contributed by atoms with van der Waals surface area (Å²) in [6, 6.07) is 10.3. The lowest BCUT2D eigenvalue weighted by Crippen LogP contribution is -2.46. The second kappa shape index (κ2) is 6.34. The Morgan fingerprint density at radius 1 is 1.23 bits per heavy atom. The molecule has 0 bridgehead atoms. The van der Waals surface area contributed by atoms with Crippen LogP contribution >= 0.6 is 0 Å². The molecule has 1 aromatic heterocycles. The first-order valence-corrected chi connectivity index (χ1v) is 8.14. The molecule has 1 amide bonds. The topological polar surface area (TPSA) is 72.9 Å². The molecule has 4 rings (SSSR count). The Hall–Kier alpha value is -3.06. The molecule has 1 aliphatic rings. The van der Waals surface area contributed by atoms with Gasteiger partial charge >= 0.3 is 0 Å². The Morgan fingerprint density at radius 2 is 2.04 bits per heavy atom. The quantitative estimate of drug-likeness (QED) is 0.739. The van der Waals surface area contributed by atoms with E-state index in [1.54, 1.807) is 12.5 Å². The lowest BCUT2D eigenvalue weighted by Gasteiger charge is -2.24. The van der Waals surface area contributed by atoms with E-state index in [1.165, 1.54) is 6.07 Å². The van der Waals surface area contributed by atoms with Crippen LogP contribution in [-0.4, -0.2) is 21.5 Å². The highest BCUT2D eigenvalue weighted by molar-refractivity contribution is 5.83. The van der Waals surface area contributed by atoms with Gasteiger partial charge in [-0.3, -0.25) is 10.1 Å². The largest absolute Gasteiger partial charge is 0.368 e. The first-order valence-electron chi connectivity index (χ1n) is 8.14. The highest BCUT2D eigenvalue weighted by Gasteiger charge is 2.36. The molecule has 0 saturated carbocycles. The van der Waals surface area contributed by atoms with E-state index < -0.39 is 23.6 Å². The molecule has 2 heterocycles. The van der Waals surface area contributed by atoms with Gasteiger partial charge in [0, 0.05) is 12.1 Å². The van der Waals surface area contributed by atoms with E-state index in [4.69, 9.17) is 5.73 Å². The number of carbonyl (C=O) groups excluding carboxylic acids is 1. The number of nitrogens with two attached hydrogens (primary N) is 1. The number of imidazole rings is 1. The molecule has 0 saturated heterocycles. The van der Waals surface area contributed by atoms with Crippen LogP contribution in [0.2, 0.25) is 0 Å². The molecule has 2 atom stereocenters. The van der Waals surface area contributed by atoms with Crippen molar-refractivity contribution in [2.45, 2.75) is 18.6 Å². The standard InChI is InChI=1S/C19H16F2N4O/c20-14-6-5-11(7-15(14)21)8-24-17(19(22)26)18-13-4-2-1-3-12(13)16-9-23-10-25(16)18/h1-7,9-10,17-18,24H,8H2,(H2,22,26). The fourth-order valence-corrected chi connectivity index (χ4v) is 3.46. The number of hydrogen-bond donors (Lipinski definition) is 2. The summed E-state index contributed by atoms with van der Waals surface area (Å²) < 4.78 is 28.4. The molecule has 2 aromatic carbocycles. The molecule has 0 fully saturated rings. The Morgan fingerprint density at radius 3 is 2.81 bits per heavy atom. The number of benzene rings is 2. The molecule has 132 valence electrons. The number of rotatable bonds is 5. The lowest BCUT2D eigenvalue weighted by molar-refractivity contribution is -0.120. The number of halogens is 2. The van der Waals surface area contributed by atoms with E-state index >= 15 is 0 Å². The van der Waals surface area contributed by atoms with Crippen molar-refractivity contribution in [2.24, 2.45) is 5.73 Å². The molecule has 0 spiro atoms. The minimum absolute atomic E-state index is 0.174. The van der Waals surface area contributed by atoms with Crippen molar-refractivity contribution in [1.29, 1.82) is 0 Å². The Balaban J connectivity index is 1.65. The van der Waals surface area contributed by atoms with E-state index in [1.807, 2.05) is 28.8 Å². The van der Waals surface area contributed by atoms with Gasteiger partial charge in [-0.05, 0) is 23.3 Å². The number of carbonyl (C=O) groups is 1. The predicted octanol–water partition coefficient (Wildman–Crippen LogP) is 2.37. The summed E-state index contributed by atoms with van der Waals surface area (Å²) in [5.41, 5.74) is 9.04. The van der Waals surface area contributed by atoms with Crippen LogP contribution in [-0.2, 0) is 11.3 Å². The average Bonchev–Trinajstić information content (AvgIpc) is 3.20. The maximum absolute atomic E-state index is 13.4. The molecule has 1 aliphatic heterocycles. The lowest BCUT2D eigenvalue weighted by atomic mass is 9.97. The number of primary amides is 1. The number of aromatic nitrogens is 2. The predicted molar refractivity (Wildman–Crippen MR) is 92.0 cm³/mol. The second-order valence-corrected chi connectivity index (χ2v) is 6.23. The fourth-order valence-electron chi connectivity index (χ4n) is 3.46. The highest BCUT2D eigenvalue weighted by Crippen LogP contribution is 2.40. The molecule has 0 radical (unpaired) electrons. The van der Waals surface area contributed by atoms with Crippen molar-refractivity contribution in [3.63, 3.8) is 0 Å². The highest BCUT2D eigenvalue weighted by atomic mass is 19.2. The maximum Gasteiger partial charge on any atom is 0.237 e. The van der Waals surface area contributed by atoms with Gasteiger partial charge in [0.25, 0.3) is 0 Å². The van der Waals surface area contributed by atoms with Crippen LogP contribution in [0.3, 0.4) is 0 Å². The van der Waals surface area contributed by atoms with Gasteiger partial charge < -0.3 is 10.3 Å². The summed E-state index contributed by atoms with van der Waals surface area (Å²) in [6.45, 7) is 0.174. The van der Waals surface area contributed by atoms with Crippen molar-refractivity contribution in [3.05, 3.63) is 77.8 Å². The summed E-state index contributed by atoms with van der Waals surface area (Å²) in [5.74, 6) is -2.37. The van der Waals surface area contributed by atoms with Crippen LogP contribution in [0.5, 0.6) is 0 Å². The van der Waals surface area contributed by atoms with Crippen LogP contribution in [0.1, 0.15) is 17.2 Å². The summed E-state index contributed by atoms with van der Waals surface area (Å²) in [4.78, 5) is 16.3. The number of nitrogens with one attached hydrogen (secondary N) is 1. The zero-order chi connectivity index (χ0) is 18.3. The summed E-state index contributed by atoms with van der Waals surface area (Å²) in [6.07, 6.45) is 3.40. The van der Waals surface area contributed by atoms with Crippen molar-refractivity contribution >= 4 is 5.91 Å². The van der Waals surface area contributed by atoms with E-state index in [-0.39, 0.29) is 12.6 Å². The van der Waals surface area contributed by atoms with E-state index in [0.717, 1.165) is 29.0 Å². The third-order valence-electron chi connectivity index (χ3n) is 4.65. The first-order chi connectivity index (χ1) is 12.6. The minimum Gasteiger partial charge on any atom is -0.368 e. The van der Waals surface area contributed by atoms with Gasteiger partial charge in [-0.15, -0.1) is 0 Å². The van der Waals surface area contributed by atoms with Gasteiger partial charge in [0.15, 0.2) is 11.6 Å². The zero-order valence-electron chi connectivity index (χ0n) is 13.7. The molecule has 0 aliphatic carbocycles. The van der Waals surface area contributed by atoms with Gasteiger partial charge in [0.2, 0.25) is 5.91 Å². The van der Waals surface area contributed by atoms with E-state index in [2.05, 4.69) is 10.3 Å². The van der Waals surface area contributed by atoms with Crippen LogP contribution < -0.4 is 11.1 Å². The van der Waals surface area contributed by atoms with Crippen LogP contribution in [0.25, 0.3) is 11.3 Å². The van der Waals surface area contributed by atoms with E-state index in [0.29, 0.717) is 5.56 Å². The molecule has 5 nitrogen and oxygen atoms in total. The second-order valence-electron chi connectivity index (χ2n) is 6.23. The number of amides is 1. The molecule has 3 aromatic rings. The van der Waals surface area contributed by atoms with Gasteiger partial charge in [0.05, 0.1) is 24.3 Å². The zero-order valence-corrected chi connectivity index (χ0v) is 13.7. The van der Waals surface area contributed by atoms with Gasteiger partial charge in [-0.1, -0.05) is 30.3 Å². The van der Waals surface area contributed by atoms with Crippen molar-refractivity contribution in [2.75, 3.05) is 0 Å². The van der Waals surface area contributed by atoms with Crippen molar-refractivity contribution in [3.8, 4) is 11.3 Å². The number of nitrogens with zero attached hydrogens (tertiary/aromatic N) is 2. The summed E-state index contributed by atoms with van der Waals surface area (Å²) in [7, 11) is 0. The van der Waals surface area contributed by atoms with Gasteiger partial charge in [0.1, 0.15) is 6.04 Å². The third-order valence-corrected chi connectivity index (χ3v) is 4.65. The Labute approximate surface area is 148 Å². The molecule has 7 heteroatoms. The smallest absolute Gasteiger partial charge is 0.237 e. The summed E-state index contributed by atoms with van der Waals surface area (Å²) in [5, 5.41) is 3.08. The molecule has 3 N–H and O–H groups in total. The number of fused-ring (bicyclic) bond motifs is 3. The number of hydrogen-bond acceptors (Lipinski definition) is 3. The Kier molecular flexibility index (Phi) is 4.00. The average molecular weight is 354 g/mol. The minimum atomic E-state index is -0.928. The SMILES string of the molecule is NC(=O)C(NCc1ccc(F)c(F)c1)C1c2ccccc2-c2cncn21. The molecular weight excluding hydrogens is 338 g/mol. The maximum atomic E-state index is 13.4. The monoisotopic (exact) mass is 354 g/mol. The fraction of sp³-hybridized carbons (Fsp3) is 0.158. The van der Waals surface area contributed by atoms with Gasteiger partial charge in [-0.2, -0.15) is 0 Å². The third kappa shape index (κ3) is 2.66. The molecule has 2 unspecified atom stereocenters. The van der Waals surface area contributed by atoms with E-state index in [9.17, 15) is 13.6 Å².